The highest BCUT2D eigenvalue weighted by molar-refractivity contribution is 7.80. The standard InChI is InChI=1S/C15H21NOS/c1-3-5-8-11(4-2)14(18)15-16-12-9-6-7-10-13(12)17-15/h6-7,9-11,14,18H,3-5,8H2,1-2H3. The van der Waals surface area contributed by atoms with Crippen LogP contribution in [0.3, 0.4) is 0 Å². The molecule has 0 fully saturated rings. The van der Waals surface area contributed by atoms with E-state index in [9.17, 15) is 0 Å². The van der Waals surface area contributed by atoms with Crippen molar-refractivity contribution in [3.05, 3.63) is 30.2 Å². The van der Waals surface area contributed by atoms with E-state index in [-0.39, 0.29) is 5.25 Å². The Labute approximate surface area is 114 Å². The largest absolute Gasteiger partial charge is 0.439 e. The van der Waals surface area contributed by atoms with Crippen molar-refractivity contribution in [1.29, 1.82) is 0 Å². The van der Waals surface area contributed by atoms with E-state index in [2.05, 4.69) is 18.8 Å². The molecule has 0 aliphatic rings. The number of oxazole rings is 1. The van der Waals surface area contributed by atoms with E-state index < -0.39 is 0 Å². The monoisotopic (exact) mass is 263 g/mol. The summed E-state index contributed by atoms with van der Waals surface area (Å²) in [7, 11) is 0. The predicted octanol–water partition coefficient (Wildman–Crippen LogP) is 5.02. The summed E-state index contributed by atoms with van der Waals surface area (Å²) in [6, 6.07) is 7.89. The first kappa shape index (κ1) is 13.5. The molecule has 0 spiro atoms. The second-order valence-corrected chi connectivity index (χ2v) is 5.33. The van der Waals surface area contributed by atoms with Crippen molar-refractivity contribution in [2.45, 2.75) is 44.8 Å². The maximum absolute atomic E-state index is 5.81. The van der Waals surface area contributed by atoms with Crippen molar-refractivity contribution in [1.82, 2.24) is 4.98 Å². The Morgan fingerprint density at radius 3 is 2.72 bits per heavy atom. The SMILES string of the molecule is CCCCC(CC)C(S)c1nc2ccccc2o1. The van der Waals surface area contributed by atoms with Crippen molar-refractivity contribution >= 4 is 23.7 Å². The zero-order chi connectivity index (χ0) is 13.0. The van der Waals surface area contributed by atoms with Gasteiger partial charge in [0.05, 0.1) is 5.25 Å². The molecule has 1 aromatic heterocycles. The number of unbranched alkanes of at least 4 members (excludes halogenated alkanes) is 1. The fourth-order valence-electron chi connectivity index (χ4n) is 2.27. The minimum Gasteiger partial charge on any atom is -0.439 e. The lowest BCUT2D eigenvalue weighted by Crippen LogP contribution is -2.07. The Bertz CT molecular complexity index is 461. The molecule has 0 amide bonds. The quantitative estimate of drug-likeness (QED) is 0.741. The molecule has 0 saturated carbocycles. The van der Waals surface area contributed by atoms with Gasteiger partial charge in [-0.3, -0.25) is 0 Å². The number of para-hydroxylation sites is 2. The second kappa shape index (κ2) is 6.28. The molecule has 98 valence electrons. The highest BCUT2D eigenvalue weighted by Gasteiger charge is 2.22. The average Bonchev–Trinajstić information content (AvgIpc) is 2.83. The summed E-state index contributed by atoms with van der Waals surface area (Å²) in [5.74, 6) is 1.31. The number of hydrogen-bond acceptors (Lipinski definition) is 3. The van der Waals surface area contributed by atoms with Gasteiger partial charge in [-0.2, -0.15) is 12.6 Å². The molecule has 2 atom stereocenters. The molecule has 18 heavy (non-hydrogen) atoms. The molecule has 2 rings (SSSR count). The van der Waals surface area contributed by atoms with E-state index in [0.717, 1.165) is 23.4 Å². The van der Waals surface area contributed by atoms with Crippen molar-refractivity contribution in [3.63, 3.8) is 0 Å². The van der Waals surface area contributed by atoms with Crippen LogP contribution >= 0.6 is 12.6 Å². The Morgan fingerprint density at radius 2 is 2.06 bits per heavy atom. The van der Waals surface area contributed by atoms with Gasteiger partial charge in [-0.05, 0) is 24.5 Å². The van der Waals surface area contributed by atoms with Crippen LogP contribution in [0.4, 0.5) is 0 Å². The Morgan fingerprint density at radius 1 is 1.28 bits per heavy atom. The van der Waals surface area contributed by atoms with E-state index in [1.807, 2.05) is 24.3 Å². The first-order valence-electron chi connectivity index (χ1n) is 6.79. The number of nitrogens with zero attached hydrogens (tertiary/aromatic N) is 1. The minimum absolute atomic E-state index is 0.106. The van der Waals surface area contributed by atoms with Crippen LogP contribution in [0, 0.1) is 5.92 Å². The van der Waals surface area contributed by atoms with E-state index in [4.69, 9.17) is 17.0 Å². The molecule has 3 heteroatoms. The maximum atomic E-state index is 5.81. The molecule has 0 aliphatic carbocycles. The minimum atomic E-state index is 0.106. The molecule has 1 aromatic carbocycles. The van der Waals surface area contributed by atoms with Gasteiger partial charge in [0.2, 0.25) is 5.89 Å². The number of benzene rings is 1. The summed E-state index contributed by atoms with van der Waals surface area (Å²) in [4.78, 5) is 4.55. The van der Waals surface area contributed by atoms with Gasteiger partial charge in [0.25, 0.3) is 0 Å². The summed E-state index contributed by atoms with van der Waals surface area (Å²) in [6.45, 7) is 4.44. The normalized spacial score (nSPS) is 14.8. The zero-order valence-corrected chi connectivity index (χ0v) is 12.0. The second-order valence-electron chi connectivity index (χ2n) is 4.78. The van der Waals surface area contributed by atoms with E-state index in [1.165, 1.54) is 19.3 Å². The molecule has 0 N–H and O–H groups in total. The fraction of sp³-hybridized carbons (Fsp3) is 0.533. The predicted molar refractivity (Wildman–Crippen MR) is 79.0 cm³/mol. The molecule has 0 radical (unpaired) electrons. The first-order valence-corrected chi connectivity index (χ1v) is 7.31. The molecular formula is C15H21NOS. The Hall–Kier alpha value is -0.960. The van der Waals surface area contributed by atoms with Gasteiger partial charge in [0.15, 0.2) is 5.58 Å². The van der Waals surface area contributed by atoms with Gasteiger partial charge in [-0.15, -0.1) is 0 Å². The van der Waals surface area contributed by atoms with Crippen molar-refractivity contribution < 1.29 is 4.42 Å². The summed E-state index contributed by atoms with van der Waals surface area (Å²) in [5, 5.41) is 0.106. The highest BCUT2D eigenvalue weighted by atomic mass is 32.1. The summed E-state index contributed by atoms with van der Waals surface area (Å²) in [5.41, 5.74) is 1.79. The first-order chi connectivity index (χ1) is 8.76. The smallest absolute Gasteiger partial charge is 0.208 e. The van der Waals surface area contributed by atoms with Crippen LogP contribution in [-0.4, -0.2) is 4.98 Å². The van der Waals surface area contributed by atoms with Crippen molar-refractivity contribution in [2.75, 3.05) is 0 Å². The van der Waals surface area contributed by atoms with Crippen molar-refractivity contribution in [2.24, 2.45) is 5.92 Å². The number of thiol groups is 1. The summed E-state index contributed by atoms with van der Waals surface area (Å²) in [6.07, 6.45) is 4.78. The number of hydrogen-bond donors (Lipinski definition) is 1. The Kier molecular flexibility index (Phi) is 4.70. The molecule has 0 saturated heterocycles. The molecular weight excluding hydrogens is 242 g/mol. The number of fused-ring (bicyclic) bond motifs is 1. The molecule has 2 nitrogen and oxygen atoms in total. The molecule has 1 heterocycles. The van der Waals surface area contributed by atoms with Crippen LogP contribution < -0.4 is 0 Å². The lowest BCUT2D eigenvalue weighted by molar-refractivity contribution is 0.393. The van der Waals surface area contributed by atoms with Crippen LogP contribution in [0.1, 0.15) is 50.7 Å². The van der Waals surface area contributed by atoms with Gasteiger partial charge < -0.3 is 4.42 Å². The third kappa shape index (κ3) is 2.89. The van der Waals surface area contributed by atoms with E-state index >= 15 is 0 Å². The zero-order valence-electron chi connectivity index (χ0n) is 11.1. The molecule has 0 bridgehead atoms. The van der Waals surface area contributed by atoms with Crippen LogP contribution in [0.25, 0.3) is 11.1 Å². The van der Waals surface area contributed by atoms with E-state index in [0.29, 0.717) is 5.92 Å². The van der Waals surface area contributed by atoms with Crippen LogP contribution in [0.2, 0.25) is 0 Å². The fourth-order valence-corrected chi connectivity index (χ4v) is 2.74. The number of rotatable bonds is 6. The topological polar surface area (TPSA) is 26.0 Å². The van der Waals surface area contributed by atoms with E-state index in [1.54, 1.807) is 0 Å². The van der Waals surface area contributed by atoms with Gasteiger partial charge in [-0.25, -0.2) is 4.98 Å². The van der Waals surface area contributed by atoms with Gasteiger partial charge >= 0.3 is 0 Å². The molecule has 2 aromatic rings. The highest BCUT2D eigenvalue weighted by Crippen LogP contribution is 2.35. The van der Waals surface area contributed by atoms with Crippen LogP contribution in [0.5, 0.6) is 0 Å². The van der Waals surface area contributed by atoms with Crippen LogP contribution in [-0.2, 0) is 0 Å². The van der Waals surface area contributed by atoms with Gasteiger partial charge in [-0.1, -0.05) is 45.2 Å². The van der Waals surface area contributed by atoms with Crippen LogP contribution in [0.15, 0.2) is 28.7 Å². The number of aromatic nitrogens is 1. The lowest BCUT2D eigenvalue weighted by Gasteiger charge is -2.18. The molecule has 0 aliphatic heterocycles. The maximum Gasteiger partial charge on any atom is 0.208 e. The average molecular weight is 263 g/mol. The Balaban J connectivity index is 2.18. The third-order valence-corrected chi connectivity index (χ3v) is 4.11. The van der Waals surface area contributed by atoms with Crippen molar-refractivity contribution in [3.8, 4) is 0 Å². The molecule has 2 unspecified atom stereocenters. The lowest BCUT2D eigenvalue weighted by atomic mass is 9.95. The summed E-state index contributed by atoms with van der Waals surface area (Å²) < 4.78 is 5.81. The van der Waals surface area contributed by atoms with Gasteiger partial charge in [0.1, 0.15) is 5.52 Å². The van der Waals surface area contributed by atoms with Gasteiger partial charge in [0, 0.05) is 0 Å². The third-order valence-electron chi connectivity index (χ3n) is 3.46. The summed E-state index contributed by atoms with van der Waals surface area (Å²) >= 11 is 4.72.